The normalized spacial score (nSPS) is 14.0. The molecule has 0 saturated carbocycles. The average molecular weight is 323 g/mol. The van der Waals surface area contributed by atoms with Crippen molar-refractivity contribution < 1.29 is 30.1 Å². The van der Waals surface area contributed by atoms with Crippen LogP contribution in [0.2, 0.25) is 0 Å². The minimum absolute atomic E-state index is 0. The minimum Gasteiger partial charge on any atom is -0.479 e. The van der Waals surface area contributed by atoms with Gasteiger partial charge in [-0.15, -0.1) is 0 Å². The van der Waals surface area contributed by atoms with E-state index < -0.39 is 29.7 Å². The van der Waals surface area contributed by atoms with Crippen LogP contribution in [-0.2, 0) is 16.0 Å². The van der Waals surface area contributed by atoms with E-state index >= 15 is 0 Å². The number of carboxylic acids is 2. The van der Waals surface area contributed by atoms with Gasteiger partial charge in [0, 0.05) is 29.9 Å². The van der Waals surface area contributed by atoms with Crippen LogP contribution in [0.3, 0.4) is 0 Å². The highest BCUT2D eigenvalue weighted by Crippen LogP contribution is 2.25. The molecule has 23 heavy (non-hydrogen) atoms. The first-order valence-electron chi connectivity index (χ1n) is 6.32. The predicted octanol–water partition coefficient (Wildman–Crippen LogP) is 0.993. The molecule has 9 heteroatoms. The van der Waals surface area contributed by atoms with Crippen molar-refractivity contribution in [2.45, 2.75) is 18.4 Å². The van der Waals surface area contributed by atoms with Crippen molar-refractivity contribution in [1.82, 2.24) is 11.1 Å². The lowest BCUT2D eigenvalue weighted by molar-refractivity contribution is -0.157. The number of nitrogens with zero attached hydrogens (tertiary/aromatic N) is 1. The van der Waals surface area contributed by atoms with E-state index in [4.69, 9.17) is 10.3 Å². The first-order valence-corrected chi connectivity index (χ1v) is 6.32. The summed E-state index contributed by atoms with van der Waals surface area (Å²) in [7, 11) is 0. The summed E-state index contributed by atoms with van der Waals surface area (Å²) in [5.41, 5.74) is -1.95. The largest absolute Gasteiger partial charge is 0.479 e. The van der Waals surface area contributed by atoms with E-state index in [1.165, 1.54) is 0 Å². The van der Waals surface area contributed by atoms with Gasteiger partial charge in [0.25, 0.3) is 0 Å². The number of fused-ring (bicyclic) bond motifs is 1. The second kappa shape index (κ2) is 6.90. The Kier molecular flexibility index (Phi) is 5.44. The second-order valence-electron chi connectivity index (χ2n) is 4.90. The summed E-state index contributed by atoms with van der Waals surface area (Å²) in [6.07, 6.45) is 0.390. The Morgan fingerprint density at radius 2 is 1.87 bits per heavy atom. The van der Waals surface area contributed by atoms with E-state index in [0.29, 0.717) is 5.56 Å². The smallest absolute Gasteiger partial charge is 0.353 e. The van der Waals surface area contributed by atoms with Crippen LogP contribution in [0.25, 0.3) is 10.9 Å². The molecule has 1 aromatic heterocycles. The van der Waals surface area contributed by atoms with Gasteiger partial charge in [-0.25, -0.2) is 9.59 Å². The number of aromatic nitrogens is 1. The molecule has 1 atom stereocenters. The lowest BCUT2D eigenvalue weighted by atomic mass is 9.89. The molecule has 0 aliphatic heterocycles. The molecule has 124 valence electrons. The second-order valence-corrected chi connectivity index (χ2v) is 4.90. The van der Waals surface area contributed by atoms with E-state index in [1.807, 2.05) is 0 Å². The lowest BCUT2D eigenvalue weighted by Crippen LogP contribution is -2.44. The molecule has 0 radical (unpaired) electrons. The van der Waals surface area contributed by atoms with Gasteiger partial charge in [-0.05, 0) is 11.6 Å². The van der Waals surface area contributed by atoms with Crippen LogP contribution in [0.4, 0.5) is 0 Å². The van der Waals surface area contributed by atoms with Crippen LogP contribution in [-0.4, -0.2) is 48.8 Å². The highest BCUT2D eigenvalue weighted by atomic mass is 16.4. The fourth-order valence-electron chi connectivity index (χ4n) is 2.24. The van der Waals surface area contributed by atoms with E-state index in [2.05, 4.69) is 10.1 Å². The first kappa shape index (κ1) is 18.1. The number of para-hydroxylation sites is 1. The molecule has 2 rings (SSSR count). The SMILES string of the molecule is N.O=C(O)C(CC(O)(Cc1c[nH]c2ccccc12)C(=O)O)=NO. The number of aliphatic carboxylic acids is 2. The Labute approximate surface area is 130 Å². The van der Waals surface area contributed by atoms with Gasteiger partial charge in [0.05, 0.1) is 0 Å². The minimum atomic E-state index is -2.40. The summed E-state index contributed by atoms with van der Waals surface area (Å²) in [6, 6.07) is 7.10. The third-order valence-electron chi connectivity index (χ3n) is 3.38. The van der Waals surface area contributed by atoms with Gasteiger partial charge < -0.3 is 31.7 Å². The Balaban J connectivity index is 0.00000264. The summed E-state index contributed by atoms with van der Waals surface area (Å²) in [5.74, 6) is -3.19. The number of carboxylic acid groups (broad SMARTS) is 2. The number of carbonyl (C=O) groups is 2. The maximum atomic E-state index is 11.4. The van der Waals surface area contributed by atoms with E-state index in [-0.39, 0.29) is 12.6 Å². The van der Waals surface area contributed by atoms with Crippen LogP contribution in [0.1, 0.15) is 12.0 Å². The summed E-state index contributed by atoms with van der Waals surface area (Å²) < 4.78 is 0. The van der Waals surface area contributed by atoms with Gasteiger partial charge in [-0.1, -0.05) is 23.4 Å². The molecular formula is C14H17N3O6. The van der Waals surface area contributed by atoms with Crippen LogP contribution >= 0.6 is 0 Å². The van der Waals surface area contributed by atoms with Gasteiger partial charge in [-0.2, -0.15) is 0 Å². The molecule has 9 nitrogen and oxygen atoms in total. The van der Waals surface area contributed by atoms with Crippen molar-refractivity contribution in [3.8, 4) is 0 Å². The number of hydrogen-bond donors (Lipinski definition) is 6. The first-order chi connectivity index (χ1) is 10.4. The fraction of sp³-hybridized carbons (Fsp3) is 0.214. The Hall–Kier alpha value is -2.91. The Morgan fingerprint density at radius 3 is 2.43 bits per heavy atom. The zero-order chi connectivity index (χ0) is 16.3. The van der Waals surface area contributed by atoms with Crippen LogP contribution in [0, 0.1) is 0 Å². The lowest BCUT2D eigenvalue weighted by Gasteiger charge is -2.22. The van der Waals surface area contributed by atoms with Crippen LogP contribution in [0.15, 0.2) is 35.6 Å². The van der Waals surface area contributed by atoms with Crippen molar-refractivity contribution in [3.05, 3.63) is 36.0 Å². The molecule has 0 aliphatic carbocycles. The van der Waals surface area contributed by atoms with E-state index in [0.717, 1.165) is 10.9 Å². The molecule has 2 aromatic rings. The number of benzene rings is 1. The number of aromatic amines is 1. The number of oxime groups is 1. The summed E-state index contributed by atoms with van der Waals surface area (Å²) in [5, 5.41) is 40.2. The summed E-state index contributed by atoms with van der Waals surface area (Å²) in [6.45, 7) is 0. The number of nitrogens with one attached hydrogen (secondary N) is 1. The molecule has 8 N–H and O–H groups in total. The third-order valence-corrected chi connectivity index (χ3v) is 3.38. The zero-order valence-corrected chi connectivity index (χ0v) is 12.1. The molecule has 0 bridgehead atoms. The summed E-state index contributed by atoms with van der Waals surface area (Å²) in [4.78, 5) is 25.2. The molecule has 0 aliphatic rings. The van der Waals surface area contributed by atoms with Crippen molar-refractivity contribution in [1.29, 1.82) is 0 Å². The van der Waals surface area contributed by atoms with Crippen LogP contribution in [0.5, 0.6) is 0 Å². The third kappa shape index (κ3) is 3.65. The van der Waals surface area contributed by atoms with Crippen molar-refractivity contribution in [2.24, 2.45) is 5.16 Å². The quantitative estimate of drug-likeness (QED) is 0.260. The number of H-pyrrole nitrogens is 1. The molecule has 0 amide bonds. The molecule has 1 aromatic carbocycles. The number of rotatable bonds is 6. The van der Waals surface area contributed by atoms with Gasteiger partial charge in [0.2, 0.25) is 0 Å². The highest BCUT2D eigenvalue weighted by molar-refractivity contribution is 6.36. The molecule has 0 spiro atoms. The van der Waals surface area contributed by atoms with Crippen molar-refractivity contribution >= 4 is 28.6 Å². The summed E-state index contributed by atoms with van der Waals surface area (Å²) >= 11 is 0. The van der Waals surface area contributed by atoms with Crippen molar-refractivity contribution in [3.63, 3.8) is 0 Å². The molecule has 0 saturated heterocycles. The van der Waals surface area contributed by atoms with E-state index in [9.17, 15) is 19.8 Å². The van der Waals surface area contributed by atoms with Crippen LogP contribution < -0.4 is 6.15 Å². The average Bonchev–Trinajstić information content (AvgIpc) is 2.87. The molecular weight excluding hydrogens is 306 g/mol. The maximum Gasteiger partial charge on any atom is 0.353 e. The van der Waals surface area contributed by atoms with E-state index in [1.54, 1.807) is 30.5 Å². The molecule has 1 heterocycles. The topological polar surface area (TPSA) is 178 Å². The fourth-order valence-corrected chi connectivity index (χ4v) is 2.24. The number of aliphatic hydroxyl groups is 1. The zero-order valence-electron chi connectivity index (χ0n) is 12.1. The van der Waals surface area contributed by atoms with Gasteiger partial charge in [0.15, 0.2) is 11.3 Å². The number of hydrogen-bond acceptors (Lipinski definition) is 6. The predicted molar refractivity (Wildman–Crippen MR) is 81.1 cm³/mol. The monoisotopic (exact) mass is 323 g/mol. The standard InChI is InChI=1S/C14H14N2O6.H3N/c17-12(18)11(16-22)6-14(21,13(19)20)5-8-7-15-10-4-2-1-3-9(8)10;/h1-4,7,15,21-22H,5-6H2,(H,17,18)(H,19,20);1H3. The van der Waals surface area contributed by atoms with Crippen molar-refractivity contribution in [2.75, 3.05) is 0 Å². The Bertz CT molecular complexity index is 754. The maximum absolute atomic E-state index is 11.4. The van der Waals surface area contributed by atoms with Gasteiger partial charge >= 0.3 is 11.9 Å². The highest BCUT2D eigenvalue weighted by Gasteiger charge is 2.40. The Morgan fingerprint density at radius 1 is 1.22 bits per heavy atom. The van der Waals surface area contributed by atoms with Gasteiger partial charge in [0.1, 0.15) is 0 Å². The molecule has 0 fully saturated rings. The van der Waals surface area contributed by atoms with Gasteiger partial charge in [-0.3, -0.25) is 0 Å². The molecule has 1 unspecified atom stereocenters.